The van der Waals surface area contributed by atoms with Crippen LogP contribution in [0.2, 0.25) is 0 Å². The maximum atomic E-state index is 12.1. The summed E-state index contributed by atoms with van der Waals surface area (Å²) in [6, 6.07) is 2.61. The summed E-state index contributed by atoms with van der Waals surface area (Å²) in [6.07, 6.45) is 1.54. The van der Waals surface area contributed by atoms with Crippen LogP contribution in [0, 0.1) is 6.92 Å². The van der Waals surface area contributed by atoms with Gasteiger partial charge in [-0.3, -0.25) is 19.8 Å². The molecule has 0 aromatic carbocycles. The molecule has 1 aromatic rings. The Balaban J connectivity index is 1.80. The van der Waals surface area contributed by atoms with E-state index in [1.165, 1.54) is 11.3 Å². The lowest BCUT2D eigenvalue weighted by Gasteiger charge is -2.35. The van der Waals surface area contributed by atoms with Gasteiger partial charge >= 0.3 is 6.03 Å². The van der Waals surface area contributed by atoms with E-state index < -0.39 is 18.0 Å². The Labute approximate surface area is 139 Å². The highest BCUT2D eigenvalue weighted by atomic mass is 32.1. The molecule has 126 valence electrons. The fourth-order valence-electron chi connectivity index (χ4n) is 2.64. The highest BCUT2D eigenvalue weighted by molar-refractivity contribution is 7.13. The standard InChI is InChI=1S/C15H22N4O3S/c1-9-3-4-12(23-9)14(21)17-11-5-7-19(8-6-11)10(2)13(20)18-15(16)22/h3-4,10-11H,5-8H2,1-2H3,(H,17,21)(H3,16,18,20,22)/t10-/m0/s1. The smallest absolute Gasteiger partial charge is 0.318 e. The zero-order valence-corrected chi connectivity index (χ0v) is 14.1. The Bertz CT molecular complexity index is 593. The summed E-state index contributed by atoms with van der Waals surface area (Å²) in [5.74, 6) is -0.435. The number of carbonyl (C=O) groups excluding carboxylic acids is 3. The zero-order chi connectivity index (χ0) is 17.0. The number of aryl methyl sites for hydroxylation is 1. The zero-order valence-electron chi connectivity index (χ0n) is 13.3. The van der Waals surface area contributed by atoms with Crippen LogP contribution in [0.15, 0.2) is 12.1 Å². The quantitative estimate of drug-likeness (QED) is 0.756. The fourth-order valence-corrected chi connectivity index (χ4v) is 3.41. The van der Waals surface area contributed by atoms with Crippen molar-refractivity contribution in [3.8, 4) is 0 Å². The Kier molecular flexibility index (Phi) is 5.73. The lowest BCUT2D eigenvalue weighted by atomic mass is 10.0. The number of nitrogens with one attached hydrogen (secondary N) is 2. The number of carbonyl (C=O) groups is 3. The topological polar surface area (TPSA) is 105 Å². The van der Waals surface area contributed by atoms with Crippen molar-refractivity contribution in [2.45, 2.75) is 38.8 Å². The van der Waals surface area contributed by atoms with Crippen molar-refractivity contribution in [3.63, 3.8) is 0 Å². The molecule has 1 atom stereocenters. The number of thiophene rings is 1. The van der Waals surface area contributed by atoms with Gasteiger partial charge in [-0.1, -0.05) is 0 Å². The van der Waals surface area contributed by atoms with E-state index in [9.17, 15) is 14.4 Å². The average molecular weight is 338 g/mol. The molecule has 0 bridgehead atoms. The molecule has 7 nitrogen and oxygen atoms in total. The molecule has 0 saturated carbocycles. The number of piperidine rings is 1. The van der Waals surface area contributed by atoms with Crippen molar-refractivity contribution in [1.29, 1.82) is 0 Å². The van der Waals surface area contributed by atoms with Crippen LogP contribution in [-0.2, 0) is 4.79 Å². The van der Waals surface area contributed by atoms with Crippen LogP contribution in [0.5, 0.6) is 0 Å². The van der Waals surface area contributed by atoms with Crippen LogP contribution >= 0.6 is 11.3 Å². The second-order valence-electron chi connectivity index (χ2n) is 5.72. The van der Waals surface area contributed by atoms with E-state index in [0.717, 1.165) is 22.6 Å². The third-order valence-electron chi connectivity index (χ3n) is 4.00. The van der Waals surface area contributed by atoms with Gasteiger partial charge in [0.25, 0.3) is 5.91 Å². The minimum Gasteiger partial charge on any atom is -0.351 e. The van der Waals surface area contributed by atoms with Crippen LogP contribution in [0.1, 0.15) is 34.3 Å². The molecule has 1 aliphatic rings. The van der Waals surface area contributed by atoms with Crippen molar-refractivity contribution in [2.24, 2.45) is 5.73 Å². The van der Waals surface area contributed by atoms with Gasteiger partial charge in [-0.25, -0.2) is 4.79 Å². The third kappa shape index (κ3) is 4.77. The van der Waals surface area contributed by atoms with Gasteiger partial charge in [0.15, 0.2) is 0 Å². The van der Waals surface area contributed by atoms with Gasteiger partial charge in [0, 0.05) is 24.0 Å². The van der Waals surface area contributed by atoms with Gasteiger partial charge < -0.3 is 11.1 Å². The molecule has 4 amide bonds. The highest BCUT2D eigenvalue weighted by Crippen LogP contribution is 2.17. The minimum atomic E-state index is -0.838. The van der Waals surface area contributed by atoms with E-state index in [1.54, 1.807) is 6.92 Å². The molecule has 0 radical (unpaired) electrons. The lowest BCUT2D eigenvalue weighted by Crippen LogP contribution is -2.53. The number of urea groups is 1. The van der Waals surface area contributed by atoms with Crippen molar-refractivity contribution >= 4 is 29.2 Å². The first-order chi connectivity index (χ1) is 10.9. The second-order valence-corrected chi connectivity index (χ2v) is 7.01. The summed E-state index contributed by atoms with van der Waals surface area (Å²) >= 11 is 1.48. The molecule has 4 N–H and O–H groups in total. The van der Waals surface area contributed by atoms with E-state index in [-0.39, 0.29) is 11.9 Å². The van der Waals surface area contributed by atoms with Gasteiger partial charge in [0.2, 0.25) is 5.91 Å². The van der Waals surface area contributed by atoms with Crippen LogP contribution < -0.4 is 16.4 Å². The maximum absolute atomic E-state index is 12.1. The number of hydrogen-bond donors (Lipinski definition) is 3. The Morgan fingerprint density at radius 3 is 2.48 bits per heavy atom. The third-order valence-corrected chi connectivity index (χ3v) is 5.00. The molecule has 0 unspecified atom stereocenters. The van der Waals surface area contributed by atoms with Gasteiger partial charge in [-0.05, 0) is 38.8 Å². The number of rotatable bonds is 4. The predicted molar refractivity (Wildman–Crippen MR) is 88.3 cm³/mol. The molecule has 1 saturated heterocycles. The van der Waals surface area contributed by atoms with Crippen LogP contribution in [-0.4, -0.2) is 47.9 Å². The van der Waals surface area contributed by atoms with Crippen LogP contribution in [0.3, 0.4) is 0 Å². The lowest BCUT2D eigenvalue weighted by molar-refractivity contribution is -0.125. The van der Waals surface area contributed by atoms with Crippen molar-refractivity contribution in [1.82, 2.24) is 15.5 Å². The normalized spacial score (nSPS) is 17.5. The van der Waals surface area contributed by atoms with E-state index >= 15 is 0 Å². The monoisotopic (exact) mass is 338 g/mol. The summed E-state index contributed by atoms with van der Waals surface area (Å²) < 4.78 is 0. The minimum absolute atomic E-state index is 0.0407. The summed E-state index contributed by atoms with van der Waals surface area (Å²) in [5, 5.41) is 5.14. The molecular formula is C15H22N4O3S. The Hall–Kier alpha value is -1.93. The Morgan fingerprint density at radius 2 is 1.96 bits per heavy atom. The molecule has 1 aromatic heterocycles. The van der Waals surface area contributed by atoms with E-state index in [1.807, 2.05) is 24.0 Å². The highest BCUT2D eigenvalue weighted by Gasteiger charge is 2.28. The second kappa shape index (κ2) is 7.56. The summed E-state index contributed by atoms with van der Waals surface area (Å²) in [6.45, 7) is 5.08. The first-order valence-electron chi connectivity index (χ1n) is 7.58. The molecule has 2 heterocycles. The first kappa shape index (κ1) is 17.4. The number of hydrogen-bond acceptors (Lipinski definition) is 5. The average Bonchev–Trinajstić information content (AvgIpc) is 2.93. The van der Waals surface area contributed by atoms with E-state index in [0.29, 0.717) is 13.1 Å². The van der Waals surface area contributed by atoms with Gasteiger partial charge in [0.05, 0.1) is 10.9 Å². The van der Waals surface area contributed by atoms with Crippen molar-refractivity contribution in [3.05, 3.63) is 21.9 Å². The van der Waals surface area contributed by atoms with Gasteiger partial charge in [-0.2, -0.15) is 0 Å². The molecule has 1 fully saturated rings. The van der Waals surface area contributed by atoms with Gasteiger partial charge in [0.1, 0.15) is 0 Å². The number of primary amides is 1. The largest absolute Gasteiger partial charge is 0.351 e. The van der Waals surface area contributed by atoms with Crippen molar-refractivity contribution in [2.75, 3.05) is 13.1 Å². The molecule has 2 rings (SSSR count). The van der Waals surface area contributed by atoms with Crippen molar-refractivity contribution < 1.29 is 14.4 Å². The molecular weight excluding hydrogens is 316 g/mol. The summed E-state index contributed by atoms with van der Waals surface area (Å²) in [4.78, 5) is 38.5. The first-order valence-corrected chi connectivity index (χ1v) is 8.40. The maximum Gasteiger partial charge on any atom is 0.318 e. The molecule has 23 heavy (non-hydrogen) atoms. The predicted octanol–water partition coefficient (Wildman–Crippen LogP) is 0.834. The molecule has 8 heteroatoms. The van der Waals surface area contributed by atoms with E-state index in [4.69, 9.17) is 5.73 Å². The molecule has 1 aliphatic heterocycles. The summed E-state index contributed by atoms with van der Waals surface area (Å²) in [7, 11) is 0. The fraction of sp³-hybridized carbons (Fsp3) is 0.533. The summed E-state index contributed by atoms with van der Waals surface area (Å²) in [5.41, 5.74) is 4.96. The SMILES string of the molecule is Cc1ccc(C(=O)NC2CCN([C@@H](C)C(=O)NC(N)=O)CC2)s1. The number of nitrogens with two attached hydrogens (primary N) is 1. The number of imide groups is 1. The van der Waals surface area contributed by atoms with Crippen LogP contribution in [0.4, 0.5) is 4.79 Å². The number of nitrogens with zero attached hydrogens (tertiary/aromatic N) is 1. The Morgan fingerprint density at radius 1 is 1.30 bits per heavy atom. The number of likely N-dealkylation sites (tertiary alicyclic amines) is 1. The number of amides is 4. The molecule has 0 spiro atoms. The van der Waals surface area contributed by atoms with E-state index in [2.05, 4.69) is 10.6 Å². The molecule has 0 aliphatic carbocycles. The van der Waals surface area contributed by atoms with Gasteiger partial charge in [-0.15, -0.1) is 11.3 Å². The van der Waals surface area contributed by atoms with Crippen LogP contribution in [0.25, 0.3) is 0 Å².